The van der Waals surface area contributed by atoms with E-state index in [4.69, 9.17) is 30.4 Å². The molecule has 1 aromatic carbocycles. The van der Waals surface area contributed by atoms with Gasteiger partial charge in [0.05, 0.1) is 56.5 Å². The molecule has 4 fully saturated rings. The lowest BCUT2D eigenvalue weighted by molar-refractivity contribution is 0.325. The molecule has 0 aliphatic carbocycles. The monoisotopic (exact) mass is 360 g/mol. The molecule has 6 heteroatoms. The smallest absolute Gasteiger partial charge is 0.0928 e. The fourth-order valence-electron chi connectivity index (χ4n) is 4.08. The molecule has 0 aromatic heterocycles. The van der Waals surface area contributed by atoms with Crippen molar-refractivity contribution in [2.24, 2.45) is 11.5 Å². The molecular weight excluding hydrogens is 332 g/mol. The zero-order valence-corrected chi connectivity index (χ0v) is 15.3. The van der Waals surface area contributed by atoms with Crippen LogP contribution in [0.15, 0.2) is 6.07 Å². The zero-order chi connectivity index (χ0) is 17.9. The van der Waals surface area contributed by atoms with Crippen LogP contribution < -0.4 is 11.5 Å². The first-order valence-corrected chi connectivity index (χ1v) is 9.68. The van der Waals surface area contributed by atoms with E-state index in [0.717, 1.165) is 51.3 Å². The lowest BCUT2D eigenvalue weighted by Gasteiger charge is -2.30. The van der Waals surface area contributed by atoms with Gasteiger partial charge in [0.2, 0.25) is 0 Å². The molecule has 4 unspecified atom stereocenters. The first-order valence-electron chi connectivity index (χ1n) is 9.68. The van der Waals surface area contributed by atoms with E-state index in [0.29, 0.717) is 24.7 Å². The Morgan fingerprint density at radius 3 is 1.88 bits per heavy atom. The van der Waals surface area contributed by atoms with Crippen LogP contribution in [0.1, 0.15) is 34.2 Å². The van der Waals surface area contributed by atoms with Gasteiger partial charge in [0.1, 0.15) is 0 Å². The Balaban J connectivity index is 1.56. The number of epoxide rings is 4. The Morgan fingerprint density at radius 1 is 0.846 bits per heavy atom. The van der Waals surface area contributed by atoms with E-state index < -0.39 is 5.66 Å². The van der Waals surface area contributed by atoms with Crippen LogP contribution in [-0.4, -0.2) is 50.8 Å². The van der Waals surface area contributed by atoms with Gasteiger partial charge in [-0.3, -0.25) is 0 Å². The summed E-state index contributed by atoms with van der Waals surface area (Å²) in [7, 11) is 0. The number of rotatable bonds is 9. The van der Waals surface area contributed by atoms with E-state index in [1.807, 2.05) is 0 Å². The highest BCUT2D eigenvalue weighted by Gasteiger charge is 2.38. The van der Waals surface area contributed by atoms with E-state index in [1.165, 1.54) is 22.3 Å². The van der Waals surface area contributed by atoms with Gasteiger partial charge in [0.25, 0.3) is 0 Å². The Hall–Kier alpha value is -1.02. The van der Waals surface area contributed by atoms with Crippen molar-refractivity contribution in [1.29, 1.82) is 0 Å². The largest absolute Gasteiger partial charge is 0.373 e. The summed E-state index contributed by atoms with van der Waals surface area (Å²) in [5.74, 6) is 0. The molecule has 4 aliphatic heterocycles. The maximum absolute atomic E-state index is 6.58. The van der Waals surface area contributed by atoms with Crippen LogP contribution >= 0.6 is 0 Å². The van der Waals surface area contributed by atoms with Gasteiger partial charge >= 0.3 is 0 Å². The molecule has 4 atom stereocenters. The topological polar surface area (TPSA) is 102 Å². The molecule has 0 amide bonds. The average molecular weight is 360 g/mol. The number of nitrogens with two attached hydrogens (primary N) is 2. The van der Waals surface area contributed by atoms with Gasteiger partial charge in [-0.1, -0.05) is 6.07 Å². The van der Waals surface area contributed by atoms with Crippen LogP contribution in [0.25, 0.3) is 0 Å². The quantitative estimate of drug-likeness (QED) is 0.496. The van der Waals surface area contributed by atoms with Crippen molar-refractivity contribution in [2.75, 3.05) is 26.4 Å². The first-order chi connectivity index (χ1) is 12.5. The lowest BCUT2D eigenvalue weighted by atomic mass is 9.81. The van der Waals surface area contributed by atoms with Gasteiger partial charge in [-0.25, -0.2) is 0 Å². The minimum absolute atomic E-state index is 0.189. The van der Waals surface area contributed by atoms with Crippen molar-refractivity contribution < 1.29 is 18.9 Å². The van der Waals surface area contributed by atoms with Crippen LogP contribution in [0.3, 0.4) is 0 Å². The highest BCUT2D eigenvalue weighted by Crippen LogP contribution is 2.36. The molecule has 0 saturated carbocycles. The number of benzene rings is 1. The summed E-state index contributed by atoms with van der Waals surface area (Å²) in [5, 5.41) is 0. The van der Waals surface area contributed by atoms with E-state index in [1.54, 1.807) is 0 Å². The minimum Gasteiger partial charge on any atom is -0.373 e. The third-order valence-corrected chi connectivity index (χ3v) is 5.91. The first kappa shape index (κ1) is 17.1. The predicted octanol–water partition coefficient (Wildman–Crippen LogP) is 0.678. The second-order valence-corrected chi connectivity index (χ2v) is 8.34. The molecule has 6 nitrogen and oxygen atoms in total. The normalized spacial score (nSPS) is 31.8. The van der Waals surface area contributed by atoms with Crippen LogP contribution in [-0.2, 0) is 43.9 Å². The van der Waals surface area contributed by atoms with Crippen LogP contribution in [0.2, 0.25) is 0 Å². The Labute approximate surface area is 154 Å². The van der Waals surface area contributed by atoms with Crippen molar-refractivity contribution in [3.8, 4) is 0 Å². The van der Waals surface area contributed by atoms with Gasteiger partial charge in [-0.2, -0.15) is 0 Å². The Kier molecular flexibility index (Phi) is 4.12. The van der Waals surface area contributed by atoms with Gasteiger partial charge in [-0.05, 0) is 34.7 Å². The fourth-order valence-corrected chi connectivity index (χ4v) is 4.08. The fraction of sp³-hybridized carbons (Fsp3) is 0.700. The molecule has 4 aliphatic rings. The molecule has 4 heterocycles. The van der Waals surface area contributed by atoms with Gasteiger partial charge in [0, 0.05) is 25.7 Å². The molecule has 1 aromatic rings. The minimum atomic E-state index is -0.877. The number of hydrogen-bond donors (Lipinski definition) is 2. The summed E-state index contributed by atoms with van der Waals surface area (Å²) in [6.45, 7) is 5.46. The Bertz CT molecular complexity index is 704. The molecule has 0 radical (unpaired) electrons. The van der Waals surface area contributed by atoms with Crippen molar-refractivity contribution in [3.05, 3.63) is 33.9 Å². The summed E-state index contributed by atoms with van der Waals surface area (Å²) in [6, 6.07) is 2.23. The molecule has 5 rings (SSSR count). The average Bonchev–Trinajstić information content (AvgIpc) is 3.43. The van der Waals surface area contributed by atoms with Crippen molar-refractivity contribution in [3.63, 3.8) is 0 Å². The van der Waals surface area contributed by atoms with Crippen molar-refractivity contribution in [1.82, 2.24) is 0 Å². The molecule has 4 saturated heterocycles. The van der Waals surface area contributed by atoms with Crippen LogP contribution in [0, 0.1) is 6.92 Å². The maximum atomic E-state index is 6.58. The molecule has 142 valence electrons. The zero-order valence-electron chi connectivity index (χ0n) is 15.3. The van der Waals surface area contributed by atoms with Gasteiger partial charge in [0.15, 0.2) is 0 Å². The standard InChI is InChI=1S/C20H28N2O4/c1-11-17(4-14-8-24-14)18(5-15-9-25-15)12(2-13-7-23-13)3-19(11)20(21,22)6-16-10-26-16/h3,13-16H,2,4-10,21-22H2,1H3. The lowest BCUT2D eigenvalue weighted by Crippen LogP contribution is -2.48. The number of ether oxygens (including phenoxy) is 4. The summed E-state index contributed by atoms with van der Waals surface area (Å²) in [6.07, 6.45) is 4.64. The van der Waals surface area contributed by atoms with Crippen LogP contribution in [0.5, 0.6) is 0 Å². The van der Waals surface area contributed by atoms with E-state index >= 15 is 0 Å². The maximum Gasteiger partial charge on any atom is 0.0928 e. The summed E-state index contributed by atoms with van der Waals surface area (Å²) >= 11 is 0. The summed E-state index contributed by atoms with van der Waals surface area (Å²) in [4.78, 5) is 0. The number of hydrogen-bond acceptors (Lipinski definition) is 6. The second kappa shape index (κ2) is 6.26. The van der Waals surface area contributed by atoms with Crippen LogP contribution in [0.4, 0.5) is 0 Å². The van der Waals surface area contributed by atoms with Gasteiger partial charge in [-0.15, -0.1) is 0 Å². The van der Waals surface area contributed by atoms with Crippen molar-refractivity contribution >= 4 is 0 Å². The highest BCUT2D eigenvalue weighted by atomic mass is 16.6. The summed E-state index contributed by atoms with van der Waals surface area (Å²) < 4.78 is 22.0. The van der Waals surface area contributed by atoms with E-state index in [9.17, 15) is 0 Å². The molecule has 0 bridgehead atoms. The molecular formula is C20H28N2O4. The van der Waals surface area contributed by atoms with Gasteiger partial charge < -0.3 is 30.4 Å². The SMILES string of the molecule is Cc1c(C(N)(N)CC2CO2)cc(CC2CO2)c(CC2CO2)c1CC1CO1. The predicted molar refractivity (Wildman–Crippen MR) is 95.9 cm³/mol. The third kappa shape index (κ3) is 3.81. The van der Waals surface area contributed by atoms with Crippen molar-refractivity contribution in [2.45, 2.75) is 62.7 Å². The third-order valence-electron chi connectivity index (χ3n) is 5.91. The molecule has 4 N–H and O–H groups in total. The van der Waals surface area contributed by atoms with E-state index in [2.05, 4.69) is 13.0 Å². The molecule has 26 heavy (non-hydrogen) atoms. The highest BCUT2D eigenvalue weighted by molar-refractivity contribution is 5.49. The second-order valence-electron chi connectivity index (χ2n) is 8.34. The summed E-state index contributed by atoms with van der Waals surface area (Å²) in [5.41, 5.74) is 18.6. The van der Waals surface area contributed by atoms with E-state index in [-0.39, 0.29) is 6.10 Å². The Morgan fingerprint density at radius 2 is 1.35 bits per heavy atom. The molecule has 0 spiro atoms.